The summed E-state index contributed by atoms with van der Waals surface area (Å²) in [5.41, 5.74) is 9.78. The van der Waals surface area contributed by atoms with E-state index in [0.29, 0.717) is 5.84 Å². The number of hydrogen-bond acceptors (Lipinski definition) is 3. The Bertz CT molecular complexity index is 641. The first kappa shape index (κ1) is 15.6. The van der Waals surface area contributed by atoms with Crippen LogP contribution in [0.2, 0.25) is 0 Å². The molecule has 2 nitrogen and oxygen atoms in total. The Kier molecular flexibility index (Phi) is 5.21. The van der Waals surface area contributed by atoms with Crippen LogP contribution in [-0.4, -0.2) is 11.1 Å². The summed E-state index contributed by atoms with van der Waals surface area (Å²) >= 11 is 3.72. The molecule has 1 aliphatic carbocycles. The maximum absolute atomic E-state index is 6.09. The summed E-state index contributed by atoms with van der Waals surface area (Å²) in [6.07, 6.45) is 5.57. The number of rotatable bonds is 5. The van der Waals surface area contributed by atoms with Crippen LogP contribution in [0.5, 0.6) is 0 Å². The standard InChI is InChI=1S/C18H22N2S2/c1-13-8-9-15(20-18(19)17-7-4-10-21-17)11-14(13)12-22-16-5-2-3-6-16/h4,7-11,16H,2-3,5-6,12H2,1H3,(H2,19,20). The van der Waals surface area contributed by atoms with Gasteiger partial charge in [0.15, 0.2) is 0 Å². The Morgan fingerprint density at radius 2 is 2.14 bits per heavy atom. The van der Waals surface area contributed by atoms with Crippen molar-refractivity contribution in [2.45, 2.75) is 43.6 Å². The van der Waals surface area contributed by atoms with Crippen molar-refractivity contribution < 1.29 is 0 Å². The van der Waals surface area contributed by atoms with E-state index in [1.54, 1.807) is 11.3 Å². The van der Waals surface area contributed by atoms with Crippen LogP contribution in [-0.2, 0) is 5.75 Å². The van der Waals surface area contributed by atoms with Gasteiger partial charge in [-0.2, -0.15) is 11.8 Å². The molecule has 1 heterocycles. The second-order valence-corrected chi connectivity index (χ2v) is 8.04. The van der Waals surface area contributed by atoms with Crippen molar-refractivity contribution in [2.75, 3.05) is 0 Å². The SMILES string of the molecule is Cc1ccc(N=C(N)c2cccs2)cc1CSC1CCCC1. The van der Waals surface area contributed by atoms with E-state index >= 15 is 0 Å². The van der Waals surface area contributed by atoms with Gasteiger partial charge in [-0.25, -0.2) is 4.99 Å². The van der Waals surface area contributed by atoms with Gasteiger partial charge in [0.2, 0.25) is 0 Å². The van der Waals surface area contributed by atoms with Crippen LogP contribution in [0, 0.1) is 6.92 Å². The summed E-state index contributed by atoms with van der Waals surface area (Å²) in [7, 11) is 0. The zero-order valence-corrected chi connectivity index (χ0v) is 14.6. The lowest BCUT2D eigenvalue weighted by Crippen LogP contribution is -2.10. The van der Waals surface area contributed by atoms with Gasteiger partial charge in [-0.15, -0.1) is 11.3 Å². The van der Waals surface area contributed by atoms with Crippen molar-refractivity contribution in [1.82, 2.24) is 0 Å². The predicted octanol–water partition coefficient (Wildman–Crippen LogP) is 5.27. The molecule has 0 aliphatic heterocycles. The van der Waals surface area contributed by atoms with Crippen LogP contribution in [0.4, 0.5) is 5.69 Å². The fourth-order valence-corrected chi connectivity index (χ4v) is 4.78. The Hall–Kier alpha value is -1.26. The summed E-state index contributed by atoms with van der Waals surface area (Å²) in [6, 6.07) is 10.4. The molecule has 1 fully saturated rings. The molecule has 0 saturated heterocycles. The summed E-state index contributed by atoms with van der Waals surface area (Å²) in [5, 5.41) is 2.87. The smallest absolute Gasteiger partial charge is 0.141 e. The molecule has 116 valence electrons. The maximum atomic E-state index is 6.09. The largest absolute Gasteiger partial charge is 0.383 e. The first-order valence-corrected chi connectivity index (χ1v) is 9.74. The zero-order valence-electron chi connectivity index (χ0n) is 12.9. The van der Waals surface area contributed by atoms with E-state index in [2.05, 4.69) is 41.9 Å². The number of nitrogens with two attached hydrogens (primary N) is 1. The number of hydrogen-bond donors (Lipinski definition) is 1. The lowest BCUT2D eigenvalue weighted by molar-refractivity contribution is 0.886. The topological polar surface area (TPSA) is 38.4 Å². The molecule has 1 aliphatic rings. The fourth-order valence-electron chi connectivity index (χ4n) is 2.76. The lowest BCUT2D eigenvalue weighted by atomic mass is 10.1. The highest BCUT2D eigenvalue weighted by Gasteiger charge is 2.15. The molecule has 2 N–H and O–H groups in total. The molecule has 0 bridgehead atoms. The minimum atomic E-state index is 0.605. The number of benzene rings is 1. The number of thiophene rings is 1. The van der Waals surface area contributed by atoms with Gasteiger partial charge in [-0.1, -0.05) is 25.0 Å². The number of thioether (sulfide) groups is 1. The molecule has 2 aromatic rings. The van der Waals surface area contributed by atoms with Crippen molar-refractivity contribution in [2.24, 2.45) is 10.7 Å². The van der Waals surface area contributed by atoms with Gasteiger partial charge in [-0.3, -0.25) is 0 Å². The molecule has 1 aromatic heterocycles. The quantitative estimate of drug-likeness (QED) is 0.599. The average Bonchev–Trinajstić information content (AvgIpc) is 3.21. The second kappa shape index (κ2) is 7.34. The van der Waals surface area contributed by atoms with Crippen LogP contribution in [0.25, 0.3) is 0 Å². The first-order valence-electron chi connectivity index (χ1n) is 7.81. The molecule has 22 heavy (non-hydrogen) atoms. The average molecular weight is 331 g/mol. The van der Waals surface area contributed by atoms with Gasteiger partial charge < -0.3 is 5.73 Å². The number of amidine groups is 1. The van der Waals surface area contributed by atoms with E-state index in [0.717, 1.165) is 21.6 Å². The summed E-state index contributed by atoms with van der Waals surface area (Å²) in [5.74, 6) is 1.69. The minimum absolute atomic E-state index is 0.605. The lowest BCUT2D eigenvalue weighted by Gasteiger charge is -2.11. The highest BCUT2D eigenvalue weighted by atomic mass is 32.2. The van der Waals surface area contributed by atoms with Crippen molar-refractivity contribution in [3.63, 3.8) is 0 Å². The van der Waals surface area contributed by atoms with Gasteiger partial charge in [0.25, 0.3) is 0 Å². The van der Waals surface area contributed by atoms with Crippen molar-refractivity contribution in [1.29, 1.82) is 0 Å². The van der Waals surface area contributed by atoms with Gasteiger partial charge in [0.1, 0.15) is 5.84 Å². The van der Waals surface area contributed by atoms with Crippen LogP contribution in [0.3, 0.4) is 0 Å². The van der Waals surface area contributed by atoms with Gasteiger partial charge >= 0.3 is 0 Å². The van der Waals surface area contributed by atoms with E-state index in [4.69, 9.17) is 5.73 Å². The second-order valence-electron chi connectivity index (χ2n) is 5.80. The summed E-state index contributed by atoms with van der Waals surface area (Å²) in [4.78, 5) is 5.61. The Labute approximate surface area is 140 Å². The highest BCUT2D eigenvalue weighted by molar-refractivity contribution is 7.99. The third-order valence-electron chi connectivity index (χ3n) is 4.13. The van der Waals surface area contributed by atoms with Gasteiger partial charge in [0.05, 0.1) is 10.6 Å². The number of nitrogens with zero attached hydrogens (tertiary/aromatic N) is 1. The van der Waals surface area contributed by atoms with Crippen molar-refractivity contribution >= 4 is 34.6 Å². The minimum Gasteiger partial charge on any atom is -0.383 e. The third kappa shape index (κ3) is 3.93. The molecule has 0 amide bonds. The van der Waals surface area contributed by atoms with Crippen LogP contribution in [0.1, 0.15) is 41.7 Å². The van der Waals surface area contributed by atoms with Gasteiger partial charge in [0, 0.05) is 11.0 Å². The number of aryl methyl sites for hydroxylation is 1. The van der Waals surface area contributed by atoms with Crippen LogP contribution < -0.4 is 5.73 Å². The number of aliphatic imine (C=N–C) groups is 1. The molecule has 0 radical (unpaired) electrons. The highest BCUT2D eigenvalue weighted by Crippen LogP contribution is 2.33. The molecule has 0 unspecified atom stereocenters. The summed E-state index contributed by atoms with van der Waals surface area (Å²) < 4.78 is 0. The Morgan fingerprint density at radius 1 is 1.32 bits per heavy atom. The third-order valence-corrected chi connectivity index (χ3v) is 6.45. The normalized spacial score (nSPS) is 16.3. The van der Waals surface area contributed by atoms with Crippen molar-refractivity contribution in [3.05, 3.63) is 51.7 Å². The molecule has 1 aromatic carbocycles. The zero-order chi connectivity index (χ0) is 15.4. The molecular formula is C18H22N2S2. The fraction of sp³-hybridized carbons (Fsp3) is 0.389. The molecule has 1 saturated carbocycles. The Morgan fingerprint density at radius 3 is 2.86 bits per heavy atom. The summed E-state index contributed by atoms with van der Waals surface area (Å²) in [6.45, 7) is 2.18. The Balaban J connectivity index is 1.73. The van der Waals surface area contributed by atoms with Crippen molar-refractivity contribution in [3.8, 4) is 0 Å². The van der Waals surface area contributed by atoms with E-state index in [-0.39, 0.29) is 0 Å². The maximum Gasteiger partial charge on any atom is 0.141 e. The van der Waals surface area contributed by atoms with E-state index in [9.17, 15) is 0 Å². The predicted molar refractivity (Wildman–Crippen MR) is 99.4 cm³/mol. The molecule has 3 rings (SSSR count). The van der Waals surface area contributed by atoms with Crippen LogP contribution >= 0.6 is 23.1 Å². The molecule has 0 spiro atoms. The first-order chi connectivity index (χ1) is 10.7. The molecule has 0 atom stereocenters. The monoisotopic (exact) mass is 330 g/mol. The van der Waals surface area contributed by atoms with E-state index in [1.807, 2.05) is 17.5 Å². The van der Waals surface area contributed by atoms with Gasteiger partial charge in [-0.05, 0) is 54.5 Å². The van der Waals surface area contributed by atoms with E-state index in [1.165, 1.54) is 36.8 Å². The van der Waals surface area contributed by atoms with Crippen LogP contribution in [0.15, 0.2) is 40.7 Å². The van der Waals surface area contributed by atoms with E-state index < -0.39 is 0 Å². The molecular weight excluding hydrogens is 308 g/mol. The molecule has 4 heteroatoms.